The Morgan fingerprint density at radius 3 is 1.48 bits per heavy atom. The lowest BCUT2D eigenvalue weighted by Gasteiger charge is -2.14. The summed E-state index contributed by atoms with van der Waals surface area (Å²) in [5.41, 5.74) is 5.36. The highest BCUT2D eigenvalue weighted by Crippen LogP contribution is 2.14. The molecule has 4 nitrogen and oxygen atoms in total. The summed E-state index contributed by atoms with van der Waals surface area (Å²) in [6, 6.07) is -1.14. The normalized spacial score (nSPS) is 13.9. The van der Waals surface area contributed by atoms with Gasteiger partial charge in [0.25, 0.3) is 0 Å². The SMILES string of the molecule is CCCCCCCCCCCCCCCCC(O)[C@H](N)C(=O)O. The lowest BCUT2D eigenvalue weighted by molar-refractivity contribution is -0.141. The van der Waals surface area contributed by atoms with Gasteiger partial charge in [0, 0.05) is 0 Å². The molecule has 0 bridgehead atoms. The predicted molar refractivity (Wildman–Crippen MR) is 96.5 cm³/mol. The van der Waals surface area contributed by atoms with Crippen LogP contribution in [0.2, 0.25) is 0 Å². The smallest absolute Gasteiger partial charge is 0.323 e. The number of carboxylic acids is 1. The third kappa shape index (κ3) is 14.7. The Morgan fingerprint density at radius 2 is 1.13 bits per heavy atom. The number of hydrogen-bond acceptors (Lipinski definition) is 3. The minimum absolute atomic E-state index is 0.492. The standard InChI is InChI=1S/C19H39NO3/c1-2-3-4-5-6-7-8-9-10-11-12-13-14-15-16-17(21)18(20)19(22)23/h17-18,21H,2-16,20H2,1H3,(H,22,23)/t17?,18-/m0/s1. The quantitative estimate of drug-likeness (QED) is 0.340. The van der Waals surface area contributed by atoms with Crippen LogP contribution < -0.4 is 5.73 Å². The molecule has 4 heteroatoms. The molecule has 0 aliphatic rings. The molecule has 0 aromatic carbocycles. The van der Waals surface area contributed by atoms with Gasteiger partial charge in [0.1, 0.15) is 6.04 Å². The van der Waals surface area contributed by atoms with E-state index < -0.39 is 18.1 Å². The van der Waals surface area contributed by atoms with Gasteiger partial charge in [-0.1, -0.05) is 96.8 Å². The van der Waals surface area contributed by atoms with E-state index in [0.717, 1.165) is 12.8 Å². The summed E-state index contributed by atoms with van der Waals surface area (Å²) in [6.45, 7) is 2.26. The molecule has 0 radical (unpaired) electrons. The largest absolute Gasteiger partial charge is 0.480 e. The van der Waals surface area contributed by atoms with Crippen molar-refractivity contribution in [1.29, 1.82) is 0 Å². The van der Waals surface area contributed by atoms with Crippen LogP contribution in [0.4, 0.5) is 0 Å². The van der Waals surface area contributed by atoms with Crippen molar-refractivity contribution in [1.82, 2.24) is 0 Å². The summed E-state index contributed by atoms with van der Waals surface area (Å²) in [5.74, 6) is -1.12. The van der Waals surface area contributed by atoms with Crippen molar-refractivity contribution in [3.8, 4) is 0 Å². The Bertz CT molecular complexity index is 271. The zero-order valence-corrected chi connectivity index (χ0v) is 15.1. The number of carboxylic acid groups (broad SMARTS) is 1. The van der Waals surface area contributed by atoms with Crippen LogP contribution in [-0.2, 0) is 4.79 Å². The van der Waals surface area contributed by atoms with E-state index in [1.54, 1.807) is 0 Å². The van der Waals surface area contributed by atoms with E-state index in [0.29, 0.717) is 6.42 Å². The minimum atomic E-state index is -1.14. The van der Waals surface area contributed by atoms with E-state index in [9.17, 15) is 9.90 Å². The van der Waals surface area contributed by atoms with E-state index in [4.69, 9.17) is 10.8 Å². The van der Waals surface area contributed by atoms with Crippen LogP contribution in [-0.4, -0.2) is 28.3 Å². The van der Waals surface area contributed by atoms with E-state index >= 15 is 0 Å². The minimum Gasteiger partial charge on any atom is -0.480 e. The number of rotatable bonds is 17. The zero-order valence-electron chi connectivity index (χ0n) is 15.1. The van der Waals surface area contributed by atoms with Gasteiger partial charge in [-0.2, -0.15) is 0 Å². The van der Waals surface area contributed by atoms with Gasteiger partial charge in [-0.15, -0.1) is 0 Å². The fourth-order valence-electron chi connectivity index (χ4n) is 2.89. The third-order valence-electron chi connectivity index (χ3n) is 4.55. The van der Waals surface area contributed by atoms with Gasteiger partial charge in [0.2, 0.25) is 0 Å². The molecule has 0 aliphatic heterocycles. The van der Waals surface area contributed by atoms with Crippen LogP contribution >= 0.6 is 0 Å². The number of aliphatic carboxylic acids is 1. The molecule has 2 atom stereocenters. The molecule has 0 heterocycles. The first-order valence-electron chi connectivity index (χ1n) is 9.76. The Labute approximate surface area is 142 Å². The summed E-state index contributed by atoms with van der Waals surface area (Å²) >= 11 is 0. The highest BCUT2D eigenvalue weighted by Gasteiger charge is 2.20. The summed E-state index contributed by atoms with van der Waals surface area (Å²) in [5, 5.41) is 18.3. The van der Waals surface area contributed by atoms with Crippen molar-refractivity contribution in [2.75, 3.05) is 0 Å². The van der Waals surface area contributed by atoms with Gasteiger partial charge < -0.3 is 15.9 Å². The van der Waals surface area contributed by atoms with Crippen molar-refractivity contribution >= 4 is 5.97 Å². The van der Waals surface area contributed by atoms with Crippen molar-refractivity contribution in [2.24, 2.45) is 5.73 Å². The summed E-state index contributed by atoms with van der Waals surface area (Å²) < 4.78 is 0. The second-order valence-corrected chi connectivity index (χ2v) is 6.82. The zero-order chi connectivity index (χ0) is 17.3. The maximum absolute atomic E-state index is 10.6. The Kier molecular flexibility index (Phi) is 15.8. The van der Waals surface area contributed by atoms with Crippen molar-refractivity contribution < 1.29 is 15.0 Å². The molecule has 1 unspecified atom stereocenters. The molecule has 0 spiro atoms. The van der Waals surface area contributed by atoms with Gasteiger partial charge in [0.05, 0.1) is 6.10 Å². The summed E-state index contributed by atoms with van der Waals surface area (Å²) in [7, 11) is 0. The fraction of sp³-hybridized carbons (Fsp3) is 0.947. The molecule has 0 amide bonds. The molecular formula is C19H39NO3. The number of unbranched alkanes of at least 4 members (excludes halogenated alkanes) is 13. The molecule has 0 saturated carbocycles. The molecule has 0 fully saturated rings. The predicted octanol–water partition coefficient (Wildman–Crippen LogP) is 4.63. The highest BCUT2D eigenvalue weighted by atomic mass is 16.4. The van der Waals surface area contributed by atoms with E-state index in [1.165, 1.54) is 77.0 Å². The van der Waals surface area contributed by atoms with Gasteiger partial charge in [-0.05, 0) is 6.42 Å². The Hall–Kier alpha value is -0.610. The second kappa shape index (κ2) is 16.3. The first kappa shape index (κ1) is 22.4. The first-order chi connectivity index (χ1) is 11.1. The van der Waals surface area contributed by atoms with E-state index in [-0.39, 0.29) is 0 Å². The fourth-order valence-corrected chi connectivity index (χ4v) is 2.89. The molecule has 23 heavy (non-hydrogen) atoms. The monoisotopic (exact) mass is 329 g/mol. The lowest BCUT2D eigenvalue weighted by atomic mass is 10.0. The average Bonchev–Trinajstić information content (AvgIpc) is 2.54. The molecule has 0 rings (SSSR count). The number of aliphatic hydroxyl groups excluding tert-OH is 1. The van der Waals surface area contributed by atoms with Crippen molar-refractivity contribution in [3.05, 3.63) is 0 Å². The Balaban J connectivity index is 3.18. The summed E-state index contributed by atoms with van der Waals surface area (Å²) in [4.78, 5) is 10.6. The molecular weight excluding hydrogens is 290 g/mol. The molecule has 138 valence electrons. The van der Waals surface area contributed by atoms with Gasteiger partial charge in [-0.3, -0.25) is 4.79 Å². The summed E-state index contributed by atoms with van der Waals surface area (Å²) in [6.07, 6.45) is 17.6. The van der Waals surface area contributed by atoms with Crippen molar-refractivity contribution in [2.45, 2.75) is 115 Å². The second-order valence-electron chi connectivity index (χ2n) is 6.82. The molecule has 0 saturated heterocycles. The van der Waals surface area contributed by atoms with Crippen LogP contribution in [0.3, 0.4) is 0 Å². The topological polar surface area (TPSA) is 83.5 Å². The average molecular weight is 330 g/mol. The van der Waals surface area contributed by atoms with E-state index in [2.05, 4.69) is 6.92 Å². The van der Waals surface area contributed by atoms with Crippen LogP contribution in [0.5, 0.6) is 0 Å². The lowest BCUT2D eigenvalue weighted by Crippen LogP contribution is -2.41. The van der Waals surface area contributed by atoms with E-state index in [1.807, 2.05) is 0 Å². The number of hydrogen-bond donors (Lipinski definition) is 3. The molecule has 0 aromatic heterocycles. The van der Waals surface area contributed by atoms with Crippen LogP contribution in [0.15, 0.2) is 0 Å². The molecule has 0 aliphatic carbocycles. The Morgan fingerprint density at radius 1 is 0.783 bits per heavy atom. The number of carbonyl (C=O) groups is 1. The highest BCUT2D eigenvalue weighted by molar-refractivity contribution is 5.73. The van der Waals surface area contributed by atoms with Gasteiger partial charge in [-0.25, -0.2) is 0 Å². The third-order valence-corrected chi connectivity index (χ3v) is 4.55. The molecule has 0 aromatic rings. The van der Waals surface area contributed by atoms with Crippen LogP contribution in [0.1, 0.15) is 103 Å². The van der Waals surface area contributed by atoms with Gasteiger partial charge >= 0.3 is 5.97 Å². The first-order valence-corrected chi connectivity index (χ1v) is 9.76. The van der Waals surface area contributed by atoms with Crippen LogP contribution in [0, 0.1) is 0 Å². The van der Waals surface area contributed by atoms with Crippen molar-refractivity contribution in [3.63, 3.8) is 0 Å². The maximum Gasteiger partial charge on any atom is 0.323 e. The van der Waals surface area contributed by atoms with Gasteiger partial charge in [0.15, 0.2) is 0 Å². The molecule has 4 N–H and O–H groups in total. The van der Waals surface area contributed by atoms with Crippen LogP contribution in [0.25, 0.3) is 0 Å². The number of aliphatic hydroxyl groups is 1. The maximum atomic E-state index is 10.6. The number of nitrogens with two attached hydrogens (primary N) is 1.